The van der Waals surface area contributed by atoms with E-state index in [0.29, 0.717) is 17.1 Å². The molecule has 1 atom stereocenters. The number of amides is 5. The molecule has 2 aromatic carbocycles. The third kappa shape index (κ3) is 3.22. The summed E-state index contributed by atoms with van der Waals surface area (Å²) >= 11 is 0. The van der Waals surface area contributed by atoms with Crippen LogP contribution < -0.4 is 15.1 Å². The lowest BCUT2D eigenvalue weighted by atomic mass is 10.2. The highest BCUT2D eigenvalue weighted by Crippen LogP contribution is 2.30. The lowest BCUT2D eigenvalue weighted by Gasteiger charge is -2.30. The number of benzene rings is 2. The van der Waals surface area contributed by atoms with E-state index >= 15 is 0 Å². The fourth-order valence-corrected chi connectivity index (χ4v) is 3.59. The van der Waals surface area contributed by atoms with Crippen LogP contribution in [0.2, 0.25) is 0 Å². The minimum atomic E-state index is -0.713. The number of nitrogens with zero attached hydrogens (tertiary/aromatic N) is 3. The molecule has 2 aromatic rings. The Bertz CT molecular complexity index is 1020. The number of hydrogen-bond acceptors (Lipinski definition) is 4. The Kier molecular flexibility index (Phi) is 4.54. The van der Waals surface area contributed by atoms with Crippen LogP contribution in [0.15, 0.2) is 48.5 Å². The predicted octanol–water partition coefficient (Wildman–Crippen LogP) is 2.14. The molecular formula is C21H20N4O4. The van der Waals surface area contributed by atoms with Gasteiger partial charge in [-0.2, -0.15) is 0 Å². The number of nitrogens with one attached hydrogen (secondary N) is 1. The summed E-state index contributed by atoms with van der Waals surface area (Å²) in [5.74, 6) is -1.27. The first kappa shape index (κ1) is 18.7. The SMILES string of the molecule is Cc1ccc(N2C(=O)N(CC(=O)N3CC(=O)Nc4ccccc43)C(=O)[C@H]2C)cc1. The van der Waals surface area contributed by atoms with Gasteiger partial charge in [0.1, 0.15) is 19.1 Å². The average molecular weight is 392 g/mol. The van der Waals surface area contributed by atoms with E-state index in [4.69, 9.17) is 0 Å². The first-order chi connectivity index (χ1) is 13.9. The van der Waals surface area contributed by atoms with Crippen molar-refractivity contribution >= 4 is 40.8 Å². The van der Waals surface area contributed by atoms with E-state index in [9.17, 15) is 19.2 Å². The van der Waals surface area contributed by atoms with Gasteiger partial charge in [0.25, 0.3) is 5.91 Å². The zero-order valence-corrected chi connectivity index (χ0v) is 16.1. The van der Waals surface area contributed by atoms with E-state index in [0.717, 1.165) is 10.5 Å². The van der Waals surface area contributed by atoms with Crippen LogP contribution in [0.5, 0.6) is 0 Å². The molecule has 29 heavy (non-hydrogen) atoms. The summed E-state index contributed by atoms with van der Waals surface area (Å²) in [6.07, 6.45) is 0. The van der Waals surface area contributed by atoms with E-state index in [2.05, 4.69) is 5.32 Å². The second-order valence-corrected chi connectivity index (χ2v) is 7.13. The van der Waals surface area contributed by atoms with E-state index in [1.165, 1.54) is 9.80 Å². The van der Waals surface area contributed by atoms with Crippen LogP contribution in [0.25, 0.3) is 0 Å². The Balaban J connectivity index is 1.57. The molecule has 2 aliphatic heterocycles. The number of carbonyl (C=O) groups excluding carboxylic acids is 4. The Hall–Kier alpha value is -3.68. The Labute approximate surface area is 167 Å². The van der Waals surface area contributed by atoms with Crippen LogP contribution in [-0.2, 0) is 14.4 Å². The van der Waals surface area contributed by atoms with Crippen LogP contribution in [0, 0.1) is 6.92 Å². The van der Waals surface area contributed by atoms with Crippen molar-refractivity contribution in [2.75, 3.05) is 28.2 Å². The summed E-state index contributed by atoms with van der Waals surface area (Å²) in [5, 5.41) is 2.71. The first-order valence-electron chi connectivity index (χ1n) is 9.27. The van der Waals surface area contributed by atoms with Gasteiger partial charge in [0.2, 0.25) is 11.8 Å². The summed E-state index contributed by atoms with van der Waals surface area (Å²) in [6.45, 7) is 2.98. The number of anilines is 3. The van der Waals surface area contributed by atoms with Crippen molar-refractivity contribution < 1.29 is 19.2 Å². The standard InChI is InChI=1S/C21H20N4O4/c1-13-7-9-15(10-8-13)25-14(2)20(28)24(21(25)29)12-19(27)23-11-18(26)22-16-5-3-4-6-17(16)23/h3-10,14H,11-12H2,1-2H3,(H,22,26)/t14-/m1/s1. The summed E-state index contributed by atoms with van der Waals surface area (Å²) in [5.41, 5.74) is 2.69. The molecule has 0 bridgehead atoms. The van der Waals surface area contributed by atoms with Gasteiger partial charge in [-0.1, -0.05) is 29.8 Å². The fraction of sp³-hybridized carbons (Fsp3) is 0.238. The van der Waals surface area contributed by atoms with Crippen LogP contribution in [0.4, 0.5) is 21.9 Å². The van der Waals surface area contributed by atoms with Crippen LogP contribution >= 0.6 is 0 Å². The second-order valence-electron chi connectivity index (χ2n) is 7.13. The van der Waals surface area contributed by atoms with E-state index in [1.54, 1.807) is 43.3 Å². The van der Waals surface area contributed by atoms with Gasteiger partial charge in [0.15, 0.2) is 0 Å². The van der Waals surface area contributed by atoms with E-state index < -0.39 is 30.4 Å². The van der Waals surface area contributed by atoms with Gasteiger partial charge in [-0.25, -0.2) is 4.79 Å². The van der Waals surface area contributed by atoms with Crippen molar-refractivity contribution in [3.8, 4) is 0 Å². The van der Waals surface area contributed by atoms with Gasteiger partial charge in [-0.3, -0.25) is 29.1 Å². The van der Waals surface area contributed by atoms with Gasteiger partial charge in [0, 0.05) is 5.69 Å². The smallest absolute Gasteiger partial charge is 0.323 e. The summed E-state index contributed by atoms with van der Waals surface area (Å²) < 4.78 is 0. The Morgan fingerprint density at radius 2 is 1.76 bits per heavy atom. The molecule has 1 N–H and O–H groups in total. The monoisotopic (exact) mass is 392 g/mol. The van der Waals surface area contributed by atoms with Crippen molar-refractivity contribution in [2.24, 2.45) is 0 Å². The molecule has 0 radical (unpaired) electrons. The van der Waals surface area contributed by atoms with E-state index in [-0.39, 0.29) is 12.5 Å². The van der Waals surface area contributed by atoms with Gasteiger partial charge in [0.05, 0.1) is 11.4 Å². The molecule has 0 aliphatic carbocycles. The molecule has 2 aliphatic rings. The molecule has 4 rings (SSSR count). The quantitative estimate of drug-likeness (QED) is 0.811. The Morgan fingerprint density at radius 1 is 1.07 bits per heavy atom. The molecule has 1 saturated heterocycles. The third-order valence-electron chi connectivity index (χ3n) is 5.12. The van der Waals surface area contributed by atoms with Gasteiger partial charge >= 0.3 is 6.03 Å². The molecule has 0 unspecified atom stereocenters. The maximum atomic E-state index is 12.9. The number of aryl methyl sites for hydroxylation is 1. The largest absolute Gasteiger partial charge is 0.332 e. The molecule has 0 aromatic heterocycles. The third-order valence-corrected chi connectivity index (χ3v) is 5.12. The van der Waals surface area contributed by atoms with Crippen molar-refractivity contribution in [3.05, 3.63) is 54.1 Å². The van der Waals surface area contributed by atoms with Gasteiger partial charge in [-0.05, 0) is 38.1 Å². The zero-order chi connectivity index (χ0) is 20.7. The normalized spacial score (nSPS) is 18.8. The topological polar surface area (TPSA) is 90.0 Å². The highest BCUT2D eigenvalue weighted by Gasteiger charge is 2.44. The van der Waals surface area contributed by atoms with Crippen molar-refractivity contribution in [3.63, 3.8) is 0 Å². The number of imide groups is 1. The number of fused-ring (bicyclic) bond motifs is 1. The molecule has 0 spiro atoms. The molecule has 5 amide bonds. The Morgan fingerprint density at radius 3 is 2.48 bits per heavy atom. The number of carbonyl (C=O) groups is 4. The molecule has 8 heteroatoms. The number of para-hydroxylation sites is 2. The molecule has 1 fully saturated rings. The van der Waals surface area contributed by atoms with Gasteiger partial charge in [-0.15, -0.1) is 0 Å². The molecule has 8 nitrogen and oxygen atoms in total. The van der Waals surface area contributed by atoms with Crippen molar-refractivity contribution in [1.29, 1.82) is 0 Å². The average Bonchev–Trinajstić information content (AvgIpc) is 2.91. The zero-order valence-electron chi connectivity index (χ0n) is 16.1. The maximum absolute atomic E-state index is 12.9. The molecule has 2 heterocycles. The summed E-state index contributed by atoms with van der Waals surface area (Å²) in [6, 6.07) is 12.9. The first-order valence-corrected chi connectivity index (χ1v) is 9.27. The summed E-state index contributed by atoms with van der Waals surface area (Å²) in [4.78, 5) is 54.1. The highest BCUT2D eigenvalue weighted by molar-refractivity contribution is 6.17. The number of hydrogen-bond donors (Lipinski definition) is 1. The van der Waals surface area contributed by atoms with Crippen LogP contribution in [-0.4, -0.2) is 47.8 Å². The van der Waals surface area contributed by atoms with Crippen LogP contribution in [0.3, 0.4) is 0 Å². The minimum absolute atomic E-state index is 0.163. The molecule has 0 saturated carbocycles. The maximum Gasteiger partial charge on any atom is 0.332 e. The van der Waals surface area contributed by atoms with Crippen LogP contribution in [0.1, 0.15) is 12.5 Å². The van der Waals surface area contributed by atoms with E-state index in [1.807, 2.05) is 19.1 Å². The minimum Gasteiger partial charge on any atom is -0.323 e. The lowest BCUT2D eigenvalue weighted by molar-refractivity contribution is -0.131. The number of rotatable bonds is 3. The fourth-order valence-electron chi connectivity index (χ4n) is 3.59. The summed E-state index contributed by atoms with van der Waals surface area (Å²) in [7, 11) is 0. The number of urea groups is 1. The molecule has 148 valence electrons. The predicted molar refractivity (Wildman–Crippen MR) is 108 cm³/mol. The van der Waals surface area contributed by atoms with Gasteiger partial charge < -0.3 is 5.32 Å². The second kappa shape index (κ2) is 7.05. The highest BCUT2D eigenvalue weighted by atomic mass is 16.2. The molecular weight excluding hydrogens is 372 g/mol. The van der Waals surface area contributed by atoms with Crippen molar-refractivity contribution in [1.82, 2.24) is 4.90 Å². The van der Waals surface area contributed by atoms with Crippen molar-refractivity contribution in [2.45, 2.75) is 19.9 Å². The lowest BCUT2D eigenvalue weighted by Crippen LogP contribution is -2.48.